The molecule has 0 bridgehead atoms. The van der Waals surface area contributed by atoms with E-state index in [0.29, 0.717) is 11.5 Å². The molecule has 72 valence electrons. The molecule has 0 aliphatic rings. The highest BCUT2D eigenvalue weighted by Gasteiger charge is 2.08. The molecular weight excluding hydrogens is 168 g/mol. The van der Waals surface area contributed by atoms with Gasteiger partial charge in [-0.3, -0.25) is 4.79 Å². The number of carbonyl (C=O) groups excluding carboxylic acids is 1. The minimum atomic E-state index is -0.409. The molecule has 0 aliphatic heterocycles. The standard InChI is InChI=1S/C8H14N4O/c1-2-3-12-5-11-6(8(12)10)4-7(9)13/h5H,2-4,10H2,1H3,(H2,9,13). The first-order valence-corrected chi connectivity index (χ1v) is 4.23. The van der Waals surface area contributed by atoms with E-state index in [0.717, 1.165) is 13.0 Å². The zero-order valence-corrected chi connectivity index (χ0v) is 7.66. The fraction of sp³-hybridized carbons (Fsp3) is 0.500. The van der Waals surface area contributed by atoms with E-state index in [4.69, 9.17) is 11.5 Å². The summed E-state index contributed by atoms with van der Waals surface area (Å²) in [5, 5.41) is 0. The van der Waals surface area contributed by atoms with Crippen LogP contribution in [-0.4, -0.2) is 15.5 Å². The molecule has 5 nitrogen and oxygen atoms in total. The molecule has 0 radical (unpaired) electrons. The number of aryl methyl sites for hydroxylation is 1. The van der Waals surface area contributed by atoms with Gasteiger partial charge in [-0.05, 0) is 6.42 Å². The highest BCUT2D eigenvalue weighted by atomic mass is 16.1. The molecule has 1 heterocycles. The van der Waals surface area contributed by atoms with Gasteiger partial charge >= 0.3 is 0 Å². The van der Waals surface area contributed by atoms with E-state index >= 15 is 0 Å². The van der Waals surface area contributed by atoms with Gasteiger partial charge in [0.1, 0.15) is 5.82 Å². The smallest absolute Gasteiger partial charge is 0.223 e. The van der Waals surface area contributed by atoms with Crippen LogP contribution in [0.25, 0.3) is 0 Å². The number of hydrogen-bond donors (Lipinski definition) is 2. The topological polar surface area (TPSA) is 86.9 Å². The van der Waals surface area contributed by atoms with Gasteiger partial charge in [0.25, 0.3) is 0 Å². The van der Waals surface area contributed by atoms with Crippen LogP contribution >= 0.6 is 0 Å². The van der Waals surface area contributed by atoms with Crippen molar-refractivity contribution >= 4 is 11.7 Å². The number of rotatable bonds is 4. The molecule has 0 aliphatic carbocycles. The van der Waals surface area contributed by atoms with E-state index in [1.807, 2.05) is 11.5 Å². The van der Waals surface area contributed by atoms with Crippen molar-refractivity contribution in [2.24, 2.45) is 5.73 Å². The second-order valence-electron chi connectivity index (χ2n) is 2.91. The molecule has 0 saturated carbocycles. The summed E-state index contributed by atoms with van der Waals surface area (Å²) < 4.78 is 1.82. The van der Waals surface area contributed by atoms with Crippen molar-refractivity contribution in [1.82, 2.24) is 9.55 Å². The van der Waals surface area contributed by atoms with Gasteiger partial charge < -0.3 is 16.0 Å². The summed E-state index contributed by atoms with van der Waals surface area (Å²) in [4.78, 5) is 14.6. The molecule has 1 amide bonds. The first-order chi connectivity index (χ1) is 6.15. The number of aromatic nitrogens is 2. The van der Waals surface area contributed by atoms with Crippen LogP contribution in [0.3, 0.4) is 0 Å². The molecule has 1 rings (SSSR count). The van der Waals surface area contributed by atoms with Crippen molar-refractivity contribution in [3.8, 4) is 0 Å². The maximum absolute atomic E-state index is 10.6. The van der Waals surface area contributed by atoms with Gasteiger partial charge in [0.2, 0.25) is 5.91 Å². The zero-order chi connectivity index (χ0) is 9.84. The van der Waals surface area contributed by atoms with E-state index in [1.54, 1.807) is 6.33 Å². The molecule has 0 fully saturated rings. The van der Waals surface area contributed by atoms with Gasteiger partial charge in [0.15, 0.2) is 0 Å². The highest BCUT2D eigenvalue weighted by Crippen LogP contribution is 2.10. The monoisotopic (exact) mass is 182 g/mol. The lowest BCUT2D eigenvalue weighted by Gasteiger charge is -2.01. The molecular formula is C8H14N4O. The Labute approximate surface area is 76.7 Å². The number of primary amides is 1. The Morgan fingerprint density at radius 1 is 1.69 bits per heavy atom. The quantitative estimate of drug-likeness (QED) is 0.681. The number of anilines is 1. The average molecular weight is 182 g/mol. The lowest BCUT2D eigenvalue weighted by Crippen LogP contribution is -2.15. The molecule has 0 unspecified atom stereocenters. The number of hydrogen-bond acceptors (Lipinski definition) is 3. The van der Waals surface area contributed by atoms with Crippen molar-refractivity contribution in [2.75, 3.05) is 5.73 Å². The lowest BCUT2D eigenvalue weighted by atomic mass is 10.3. The van der Waals surface area contributed by atoms with Crippen LogP contribution in [0.15, 0.2) is 6.33 Å². The van der Waals surface area contributed by atoms with E-state index in [1.165, 1.54) is 0 Å². The van der Waals surface area contributed by atoms with Gasteiger partial charge in [-0.25, -0.2) is 4.98 Å². The first-order valence-electron chi connectivity index (χ1n) is 4.23. The zero-order valence-electron chi connectivity index (χ0n) is 7.66. The maximum Gasteiger partial charge on any atom is 0.223 e. The summed E-state index contributed by atoms with van der Waals surface area (Å²) in [5.74, 6) is 0.133. The molecule has 0 aromatic carbocycles. The van der Waals surface area contributed by atoms with Crippen molar-refractivity contribution in [2.45, 2.75) is 26.3 Å². The molecule has 0 atom stereocenters. The van der Waals surface area contributed by atoms with Crippen LogP contribution in [0.1, 0.15) is 19.0 Å². The molecule has 1 aromatic heterocycles. The third kappa shape index (κ3) is 2.21. The Balaban J connectivity index is 2.79. The predicted molar refractivity (Wildman–Crippen MR) is 49.8 cm³/mol. The lowest BCUT2D eigenvalue weighted by molar-refractivity contribution is -0.117. The van der Waals surface area contributed by atoms with Crippen molar-refractivity contribution in [1.29, 1.82) is 0 Å². The summed E-state index contributed by atoms with van der Waals surface area (Å²) in [6.07, 6.45) is 2.73. The predicted octanol–water partition coefficient (Wildman–Crippen LogP) is -0.0969. The summed E-state index contributed by atoms with van der Waals surface area (Å²) in [7, 11) is 0. The third-order valence-corrected chi connectivity index (χ3v) is 1.76. The summed E-state index contributed by atoms with van der Waals surface area (Å²) >= 11 is 0. The molecule has 5 heteroatoms. The van der Waals surface area contributed by atoms with E-state index in [2.05, 4.69) is 4.98 Å². The first kappa shape index (κ1) is 9.57. The number of nitrogens with two attached hydrogens (primary N) is 2. The number of amides is 1. The van der Waals surface area contributed by atoms with Crippen molar-refractivity contribution < 1.29 is 4.79 Å². The van der Waals surface area contributed by atoms with Crippen LogP contribution < -0.4 is 11.5 Å². The van der Waals surface area contributed by atoms with Gasteiger partial charge in [-0.15, -0.1) is 0 Å². The van der Waals surface area contributed by atoms with Crippen molar-refractivity contribution in [3.05, 3.63) is 12.0 Å². The fourth-order valence-electron chi connectivity index (χ4n) is 1.15. The summed E-state index contributed by atoms with van der Waals surface area (Å²) in [5.41, 5.74) is 11.3. The second kappa shape index (κ2) is 3.93. The van der Waals surface area contributed by atoms with E-state index in [-0.39, 0.29) is 6.42 Å². The normalized spacial score (nSPS) is 10.2. The van der Waals surface area contributed by atoms with Gasteiger partial charge in [0, 0.05) is 6.54 Å². The molecule has 4 N–H and O–H groups in total. The Morgan fingerprint density at radius 3 is 2.92 bits per heavy atom. The Hall–Kier alpha value is -1.52. The molecule has 0 spiro atoms. The highest BCUT2D eigenvalue weighted by molar-refractivity contribution is 5.77. The van der Waals surface area contributed by atoms with Gasteiger partial charge in [-0.2, -0.15) is 0 Å². The van der Waals surface area contributed by atoms with Crippen LogP contribution in [0.2, 0.25) is 0 Å². The average Bonchev–Trinajstić information content (AvgIpc) is 2.36. The minimum Gasteiger partial charge on any atom is -0.384 e. The van der Waals surface area contributed by atoms with Crippen LogP contribution in [0.5, 0.6) is 0 Å². The Bertz CT molecular complexity index is 305. The van der Waals surface area contributed by atoms with Crippen molar-refractivity contribution in [3.63, 3.8) is 0 Å². The number of imidazole rings is 1. The number of nitrogens with zero attached hydrogens (tertiary/aromatic N) is 2. The number of carbonyl (C=O) groups is 1. The van der Waals surface area contributed by atoms with Crippen LogP contribution in [0.4, 0.5) is 5.82 Å². The minimum absolute atomic E-state index is 0.114. The molecule has 1 aromatic rings. The summed E-state index contributed by atoms with van der Waals surface area (Å²) in [6, 6.07) is 0. The van der Waals surface area contributed by atoms with Gasteiger partial charge in [0.05, 0.1) is 18.4 Å². The van der Waals surface area contributed by atoms with Crippen LogP contribution in [-0.2, 0) is 17.8 Å². The Kier molecular flexibility index (Phi) is 2.89. The Morgan fingerprint density at radius 2 is 2.38 bits per heavy atom. The summed E-state index contributed by atoms with van der Waals surface area (Å²) in [6.45, 7) is 2.87. The van der Waals surface area contributed by atoms with Gasteiger partial charge in [-0.1, -0.05) is 6.92 Å². The van der Waals surface area contributed by atoms with Crippen LogP contribution in [0, 0.1) is 0 Å². The van der Waals surface area contributed by atoms with E-state index < -0.39 is 5.91 Å². The second-order valence-corrected chi connectivity index (χ2v) is 2.91. The van der Waals surface area contributed by atoms with E-state index in [9.17, 15) is 4.79 Å². The number of nitrogen functional groups attached to an aromatic ring is 1. The SMILES string of the molecule is CCCn1cnc(CC(N)=O)c1N. The molecule has 13 heavy (non-hydrogen) atoms. The largest absolute Gasteiger partial charge is 0.384 e. The third-order valence-electron chi connectivity index (χ3n) is 1.76. The maximum atomic E-state index is 10.6. The fourth-order valence-corrected chi connectivity index (χ4v) is 1.15. The molecule has 0 saturated heterocycles.